The number of nitrogens with zero attached hydrogens (tertiary/aromatic N) is 3. The summed E-state index contributed by atoms with van der Waals surface area (Å²) in [5.74, 6) is 7.16. The zero-order valence-electron chi connectivity index (χ0n) is 12.6. The molecule has 1 saturated heterocycles. The van der Waals surface area contributed by atoms with Gasteiger partial charge < -0.3 is 10.3 Å². The highest BCUT2D eigenvalue weighted by Crippen LogP contribution is 2.39. The molecule has 0 aromatic carbocycles. The maximum atomic E-state index is 5.49. The molecule has 0 amide bonds. The van der Waals surface area contributed by atoms with E-state index in [4.69, 9.17) is 5.84 Å². The van der Waals surface area contributed by atoms with Crippen LogP contribution in [0.4, 0.5) is 11.6 Å². The molecule has 2 rings (SSSR count). The van der Waals surface area contributed by atoms with Crippen molar-refractivity contribution in [2.75, 3.05) is 29.7 Å². The van der Waals surface area contributed by atoms with Crippen molar-refractivity contribution in [2.45, 2.75) is 44.7 Å². The van der Waals surface area contributed by atoms with E-state index in [1.54, 1.807) is 11.8 Å². The first-order chi connectivity index (χ1) is 9.66. The number of thioether (sulfide) groups is 1. The summed E-state index contributed by atoms with van der Waals surface area (Å²) >= 11 is 1.54. The van der Waals surface area contributed by atoms with Crippen LogP contribution in [0.5, 0.6) is 0 Å². The number of nitrogens with two attached hydrogens (primary N) is 1. The van der Waals surface area contributed by atoms with Gasteiger partial charge in [0.2, 0.25) is 0 Å². The van der Waals surface area contributed by atoms with Gasteiger partial charge in [-0.1, -0.05) is 38.5 Å². The van der Waals surface area contributed by atoms with Crippen molar-refractivity contribution in [1.82, 2.24) is 9.97 Å². The summed E-state index contributed by atoms with van der Waals surface area (Å²) in [6.45, 7) is 6.76. The van der Waals surface area contributed by atoms with E-state index in [1.165, 1.54) is 25.7 Å². The quantitative estimate of drug-likeness (QED) is 0.377. The summed E-state index contributed by atoms with van der Waals surface area (Å²) in [7, 11) is 0. The second-order valence-corrected chi connectivity index (χ2v) is 6.21. The van der Waals surface area contributed by atoms with Gasteiger partial charge in [-0.2, -0.15) is 0 Å². The summed E-state index contributed by atoms with van der Waals surface area (Å²) < 4.78 is 0. The zero-order chi connectivity index (χ0) is 14.6. The normalized spacial score (nSPS) is 18.1. The fourth-order valence-corrected chi connectivity index (χ4v) is 3.28. The van der Waals surface area contributed by atoms with Crippen LogP contribution in [0.1, 0.15) is 39.5 Å². The predicted molar refractivity (Wildman–Crippen MR) is 86.1 cm³/mol. The van der Waals surface area contributed by atoms with E-state index in [9.17, 15) is 0 Å². The third-order valence-electron chi connectivity index (χ3n) is 4.67. The molecule has 0 atom stereocenters. The molecular formula is C14H25N5S. The Morgan fingerprint density at radius 2 is 1.95 bits per heavy atom. The van der Waals surface area contributed by atoms with E-state index in [-0.39, 0.29) is 0 Å². The van der Waals surface area contributed by atoms with Crippen molar-refractivity contribution in [3.05, 3.63) is 6.07 Å². The van der Waals surface area contributed by atoms with Gasteiger partial charge in [-0.15, -0.1) is 0 Å². The molecule has 1 fully saturated rings. The Kier molecular flexibility index (Phi) is 5.10. The highest BCUT2D eigenvalue weighted by Gasteiger charge is 2.31. The summed E-state index contributed by atoms with van der Waals surface area (Å²) in [5.41, 5.74) is 3.16. The number of hydrogen-bond acceptors (Lipinski definition) is 6. The number of aromatic nitrogens is 2. The van der Waals surface area contributed by atoms with E-state index in [0.717, 1.165) is 24.1 Å². The molecule has 0 aliphatic carbocycles. The van der Waals surface area contributed by atoms with Gasteiger partial charge in [0, 0.05) is 19.2 Å². The van der Waals surface area contributed by atoms with Crippen molar-refractivity contribution >= 4 is 23.4 Å². The van der Waals surface area contributed by atoms with E-state index in [2.05, 4.69) is 34.1 Å². The summed E-state index contributed by atoms with van der Waals surface area (Å²) in [5, 5.41) is 0.762. The number of hydrogen-bond donors (Lipinski definition) is 2. The lowest BCUT2D eigenvalue weighted by Gasteiger charge is -2.41. The molecule has 0 radical (unpaired) electrons. The van der Waals surface area contributed by atoms with E-state index < -0.39 is 0 Å². The van der Waals surface area contributed by atoms with Crippen LogP contribution in [-0.4, -0.2) is 29.3 Å². The molecule has 20 heavy (non-hydrogen) atoms. The summed E-state index contributed by atoms with van der Waals surface area (Å²) in [6, 6.07) is 1.94. The van der Waals surface area contributed by atoms with Gasteiger partial charge in [-0.25, -0.2) is 15.8 Å². The van der Waals surface area contributed by atoms with Crippen molar-refractivity contribution in [3.8, 4) is 0 Å². The molecule has 0 unspecified atom stereocenters. The molecule has 5 nitrogen and oxygen atoms in total. The Hall–Kier alpha value is -1.01. The maximum absolute atomic E-state index is 5.49. The van der Waals surface area contributed by atoms with Crippen LogP contribution >= 0.6 is 11.8 Å². The molecule has 2 heterocycles. The molecule has 112 valence electrons. The minimum absolute atomic E-state index is 0.529. The second-order valence-electron chi connectivity index (χ2n) is 5.44. The Morgan fingerprint density at radius 3 is 2.45 bits per heavy atom. The molecule has 1 aromatic rings. The molecule has 3 N–H and O–H groups in total. The number of anilines is 2. The lowest BCUT2D eigenvalue weighted by atomic mass is 9.74. The lowest BCUT2D eigenvalue weighted by molar-refractivity contribution is 0.199. The van der Waals surface area contributed by atoms with Gasteiger partial charge in [0.25, 0.3) is 0 Å². The van der Waals surface area contributed by atoms with Gasteiger partial charge in [0.1, 0.15) is 11.6 Å². The average molecular weight is 295 g/mol. The van der Waals surface area contributed by atoms with Crippen LogP contribution in [-0.2, 0) is 0 Å². The summed E-state index contributed by atoms with van der Waals surface area (Å²) in [4.78, 5) is 11.3. The second kappa shape index (κ2) is 6.63. The molecule has 0 bridgehead atoms. The van der Waals surface area contributed by atoms with Crippen LogP contribution in [0.2, 0.25) is 0 Å². The number of nitrogen functional groups attached to an aromatic ring is 1. The Labute approximate surface area is 125 Å². The molecule has 1 aliphatic rings. The maximum Gasteiger partial charge on any atom is 0.191 e. The van der Waals surface area contributed by atoms with Crippen LogP contribution in [0.3, 0.4) is 0 Å². The zero-order valence-corrected chi connectivity index (χ0v) is 13.5. The largest absolute Gasteiger partial charge is 0.356 e. The summed E-state index contributed by atoms with van der Waals surface area (Å²) in [6.07, 6.45) is 7.00. The number of hydrazine groups is 1. The van der Waals surface area contributed by atoms with Crippen LogP contribution in [0.25, 0.3) is 0 Å². The number of piperidine rings is 1. The SMILES string of the molecule is CCC1(CC)CCN(c2cc(NN)nc(SC)n2)CC1. The molecule has 0 saturated carbocycles. The topological polar surface area (TPSA) is 67.1 Å². The van der Waals surface area contributed by atoms with Crippen LogP contribution < -0.4 is 16.2 Å². The molecule has 6 heteroatoms. The fourth-order valence-electron chi connectivity index (χ4n) is 2.91. The van der Waals surface area contributed by atoms with Gasteiger partial charge in [-0.3, -0.25) is 0 Å². The highest BCUT2D eigenvalue weighted by molar-refractivity contribution is 7.98. The highest BCUT2D eigenvalue weighted by atomic mass is 32.2. The third-order valence-corrected chi connectivity index (χ3v) is 5.22. The monoisotopic (exact) mass is 295 g/mol. The number of rotatable bonds is 5. The van der Waals surface area contributed by atoms with E-state index in [1.807, 2.05) is 12.3 Å². The first kappa shape index (κ1) is 15.4. The van der Waals surface area contributed by atoms with Crippen molar-refractivity contribution in [3.63, 3.8) is 0 Å². The van der Waals surface area contributed by atoms with Crippen LogP contribution in [0.15, 0.2) is 11.2 Å². The van der Waals surface area contributed by atoms with Crippen LogP contribution in [0, 0.1) is 5.41 Å². The van der Waals surface area contributed by atoms with Crippen molar-refractivity contribution in [2.24, 2.45) is 11.3 Å². The van der Waals surface area contributed by atoms with Gasteiger partial charge in [0.15, 0.2) is 5.16 Å². The molecule has 1 aliphatic heterocycles. The first-order valence-corrected chi connectivity index (χ1v) is 8.53. The van der Waals surface area contributed by atoms with Crippen molar-refractivity contribution in [1.29, 1.82) is 0 Å². The lowest BCUT2D eigenvalue weighted by Crippen LogP contribution is -2.40. The molecular weight excluding hydrogens is 270 g/mol. The minimum atomic E-state index is 0.529. The minimum Gasteiger partial charge on any atom is -0.356 e. The van der Waals surface area contributed by atoms with E-state index in [0.29, 0.717) is 11.2 Å². The van der Waals surface area contributed by atoms with Crippen molar-refractivity contribution < 1.29 is 0 Å². The van der Waals surface area contributed by atoms with Gasteiger partial charge >= 0.3 is 0 Å². The predicted octanol–water partition coefficient (Wildman–Crippen LogP) is 2.89. The smallest absolute Gasteiger partial charge is 0.191 e. The molecule has 0 spiro atoms. The number of nitrogens with one attached hydrogen (secondary N) is 1. The van der Waals surface area contributed by atoms with E-state index >= 15 is 0 Å². The fraction of sp³-hybridized carbons (Fsp3) is 0.714. The Morgan fingerprint density at radius 1 is 1.30 bits per heavy atom. The standard InChI is InChI=1S/C14H25N5S/c1-4-14(5-2)6-8-19(9-7-14)12-10-11(18-15)16-13(17-12)20-3/h10H,4-9,15H2,1-3H3,(H,16,17,18). The van der Waals surface area contributed by atoms with Gasteiger partial charge in [0.05, 0.1) is 0 Å². The Bertz CT molecular complexity index is 415. The first-order valence-electron chi connectivity index (χ1n) is 7.31. The van der Waals surface area contributed by atoms with Gasteiger partial charge in [-0.05, 0) is 24.5 Å². The third kappa shape index (κ3) is 3.17. The Balaban J connectivity index is 2.14. The molecule has 1 aromatic heterocycles. The average Bonchev–Trinajstić information content (AvgIpc) is 2.54.